The molecule has 9 heteroatoms. The monoisotopic (exact) mass is 405 g/mol. The predicted molar refractivity (Wildman–Crippen MR) is 82.0 cm³/mol. The van der Waals surface area contributed by atoms with Crippen molar-refractivity contribution in [2.45, 2.75) is 20.4 Å². The zero-order valence-electron chi connectivity index (χ0n) is 12.0. The number of aromatic nitrogens is 4. The molecule has 2 heterocycles. The first-order valence-corrected chi connectivity index (χ1v) is 7.40. The Morgan fingerprint density at radius 1 is 1.48 bits per heavy atom. The van der Waals surface area contributed by atoms with Crippen LogP contribution in [0.5, 0.6) is 0 Å². The molecule has 2 aromatic heterocycles. The van der Waals surface area contributed by atoms with E-state index >= 15 is 0 Å². The van der Waals surface area contributed by atoms with Gasteiger partial charge in [0.15, 0.2) is 5.82 Å². The molecule has 114 valence electrons. The fraction of sp³-hybridized carbons (Fsp3) is 0.500. The number of aryl methyl sites for hydroxylation is 1. The average Bonchev–Trinajstić information content (AvgIpc) is 3.01. The average molecular weight is 405 g/mol. The highest BCUT2D eigenvalue weighted by atomic mass is 127. The van der Waals surface area contributed by atoms with Crippen molar-refractivity contribution in [3.8, 4) is 0 Å². The summed E-state index contributed by atoms with van der Waals surface area (Å²) in [5.74, 6) is -0.0556. The van der Waals surface area contributed by atoms with Gasteiger partial charge in [0.1, 0.15) is 6.54 Å². The topological polar surface area (TPSA) is 95.1 Å². The van der Waals surface area contributed by atoms with Crippen LogP contribution < -0.4 is 5.32 Å². The quantitative estimate of drug-likeness (QED) is 0.567. The summed E-state index contributed by atoms with van der Waals surface area (Å²) in [5, 5.41) is 10.8. The summed E-state index contributed by atoms with van der Waals surface area (Å²) in [7, 11) is 1.56. The second-order valence-corrected chi connectivity index (χ2v) is 5.49. The van der Waals surface area contributed by atoms with Gasteiger partial charge in [-0.25, -0.2) is 0 Å². The summed E-state index contributed by atoms with van der Waals surface area (Å²) < 4.78 is 12.7. The maximum Gasteiger partial charge on any atom is 0.316 e. The van der Waals surface area contributed by atoms with Crippen LogP contribution in [0.1, 0.15) is 27.9 Å². The van der Waals surface area contributed by atoms with Gasteiger partial charge in [-0.3, -0.25) is 9.48 Å². The highest BCUT2D eigenvalue weighted by Crippen LogP contribution is 2.15. The van der Waals surface area contributed by atoms with Gasteiger partial charge >= 0.3 is 11.8 Å². The van der Waals surface area contributed by atoms with Gasteiger partial charge in [-0.15, -0.1) is 0 Å². The third-order valence-corrected chi connectivity index (χ3v) is 4.40. The molecular weight excluding hydrogens is 389 g/mol. The van der Waals surface area contributed by atoms with E-state index in [1.165, 1.54) is 0 Å². The number of methoxy groups -OCH3 is 1. The van der Waals surface area contributed by atoms with E-state index in [4.69, 9.17) is 9.26 Å². The largest absolute Gasteiger partial charge is 0.383 e. The molecule has 2 aromatic rings. The van der Waals surface area contributed by atoms with Crippen molar-refractivity contribution >= 4 is 28.5 Å². The molecule has 0 aliphatic heterocycles. The van der Waals surface area contributed by atoms with Crippen LogP contribution in [0, 0.1) is 17.4 Å². The number of nitrogens with zero attached hydrogens (tertiary/aromatic N) is 4. The van der Waals surface area contributed by atoms with Gasteiger partial charge in [0, 0.05) is 19.3 Å². The molecule has 0 aliphatic rings. The Balaban J connectivity index is 2.03. The number of halogens is 1. The smallest absolute Gasteiger partial charge is 0.316 e. The molecule has 0 saturated heterocycles. The Kier molecular flexibility index (Phi) is 5.28. The van der Waals surface area contributed by atoms with Gasteiger partial charge in [0.25, 0.3) is 0 Å². The van der Waals surface area contributed by atoms with Crippen LogP contribution in [0.2, 0.25) is 0 Å². The summed E-state index contributed by atoms with van der Waals surface area (Å²) in [6, 6.07) is 0. The van der Waals surface area contributed by atoms with Crippen molar-refractivity contribution in [1.82, 2.24) is 25.2 Å². The molecule has 0 radical (unpaired) electrons. The minimum atomic E-state index is -0.409. The zero-order chi connectivity index (χ0) is 15.4. The fourth-order valence-electron chi connectivity index (χ4n) is 1.72. The van der Waals surface area contributed by atoms with Gasteiger partial charge in [0.2, 0.25) is 0 Å². The van der Waals surface area contributed by atoms with Gasteiger partial charge in [0.05, 0.1) is 15.9 Å². The molecule has 0 spiro atoms. The third-order valence-electron chi connectivity index (χ3n) is 2.84. The van der Waals surface area contributed by atoms with Crippen molar-refractivity contribution in [3.63, 3.8) is 0 Å². The third kappa shape index (κ3) is 3.79. The molecule has 0 fully saturated rings. The number of rotatable bonds is 6. The van der Waals surface area contributed by atoms with Crippen LogP contribution in [0.15, 0.2) is 4.52 Å². The van der Waals surface area contributed by atoms with Crippen LogP contribution in [0.25, 0.3) is 0 Å². The first-order valence-electron chi connectivity index (χ1n) is 6.32. The SMILES string of the molecule is COCCNC(=O)c1nc(Cn2nc(C)c(I)c2C)no1. The number of ether oxygens (including phenoxy) is 1. The number of amides is 1. The molecule has 0 aromatic carbocycles. The maximum absolute atomic E-state index is 11.7. The fourth-order valence-corrected chi connectivity index (χ4v) is 2.10. The number of carbonyl (C=O) groups is 1. The normalized spacial score (nSPS) is 10.9. The summed E-state index contributed by atoms with van der Waals surface area (Å²) in [6.45, 7) is 5.10. The lowest BCUT2D eigenvalue weighted by Gasteiger charge is -2.00. The van der Waals surface area contributed by atoms with Crippen LogP contribution in [0.4, 0.5) is 0 Å². The lowest BCUT2D eigenvalue weighted by atomic mass is 10.4. The van der Waals surface area contributed by atoms with Crippen molar-refractivity contribution in [2.75, 3.05) is 20.3 Å². The number of carbonyl (C=O) groups excluding carboxylic acids is 1. The molecule has 1 N–H and O–H groups in total. The van der Waals surface area contributed by atoms with Crippen LogP contribution >= 0.6 is 22.6 Å². The van der Waals surface area contributed by atoms with E-state index in [0.29, 0.717) is 25.5 Å². The Labute approximate surface area is 135 Å². The van der Waals surface area contributed by atoms with E-state index in [9.17, 15) is 4.79 Å². The summed E-state index contributed by atoms with van der Waals surface area (Å²) in [4.78, 5) is 15.8. The zero-order valence-corrected chi connectivity index (χ0v) is 14.2. The van der Waals surface area contributed by atoms with Crippen LogP contribution in [0.3, 0.4) is 0 Å². The molecular formula is C12H16IN5O3. The maximum atomic E-state index is 11.7. The van der Waals surface area contributed by atoms with Gasteiger partial charge in [-0.05, 0) is 36.4 Å². The summed E-state index contributed by atoms with van der Waals surface area (Å²) in [5.41, 5.74) is 1.98. The molecule has 8 nitrogen and oxygen atoms in total. The van der Waals surface area contributed by atoms with Crippen molar-refractivity contribution < 1.29 is 14.1 Å². The first kappa shape index (κ1) is 15.9. The highest BCUT2D eigenvalue weighted by molar-refractivity contribution is 14.1. The number of hydrogen-bond acceptors (Lipinski definition) is 6. The van der Waals surface area contributed by atoms with Gasteiger partial charge in [-0.2, -0.15) is 10.1 Å². The van der Waals surface area contributed by atoms with E-state index in [0.717, 1.165) is 15.0 Å². The molecule has 1 amide bonds. The van der Waals surface area contributed by atoms with Gasteiger partial charge in [-0.1, -0.05) is 5.16 Å². The molecule has 2 rings (SSSR count). The van der Waals surface area contributed by atoms with Crippen molar-refractivity contribution in [3.05, 3.63) is 26.7 Å². The lowest BCUT2D eigenvalue weighted by molar-refractivity contribution is 0.0893. The van der Waals surface area contributed by atoms with Crippen molar-refractivity contribution in [2.24, 2.45) is 0 Å². The van der Waals surface area contributed by atoms with E-state index in [2.05, 4.69) is 43.1 Å². The van der Waals surface area contributed by atoms with E-state index < -0.39 is 5.91 Å². The second-order valence-electron chi connectivity index (χ2n) is 4.41. The van der Waals surface area contributed by atoms with Crippen molar-refractivity contribution in [1.29, 1.82) is 0 Å². The number of hydrogen-bond donors (Lipinski definition) is 1. The first-order chi connectivity index (χ1) is 10.0. The second kappa shape index (κ2) is 6.98. The van der Waals surface area contributed by atoms with Crippen LogP contribution in [-0.4, -0.2) is 46.1 Å². The Morgan fingerprint density at radius 2 is 2.24 bits per heavy atom. The lowest BCUT2D eigenvalue weighted by Crippen LogP contribution is -2.27. The highest BCUT2D eigenvalue weighted by Gasteiger charge is 2.16. The Bertz CT molecular complexity index is 637. The predicted octanol–water partition coefficient (Wildman–Crippen LogP) is 0.912. The Hall–Kier alpha value is -1.49. The molecule has 0 unspecified atom stereocenters. The molecule has 0 aliphatic carbocycles. The minimum absolute atomic E-state index is 0.0580. The minimum Gasteiger partial charge on any atom is -0.383 e. The molecule has 0 atom stereocenters. The van der Waals surface area contributed by atoms with Crippen LogP contribution in [-0.2, 0) is 11.3 Å². The number of nitrogens with one attached hydrogen (secondary N) is 1. The molecule has 0 bridgehead atoms. The molecule has 0 saturated carbocycles. The van der Waals surface area contributed by atoms with E-state index in [-0.39, 0.29) is 5.89 Å². The van der Waals surface area contributed by atoms with Gasteiger partial charge < -0.3 is 14.6 Å². The molecule has 21 heavy (non-hydrogen) atoms. The standard InChI is InChI=1S/C12H16IN5O3/c1-7-10(13)8(2)18(16-7)6-9-15-12(21-17-9)11(19)14-4-5-20-3/h4-6H2,1-3H3,(H,14,19). The summed E-state index contributed by atoms with van der Waals surface area (Å²) >= 11 is 2.24. The van der Waals surface area contributed by atoms with E-state index in [1.807, 2.05) is 13.8 Å². The Morgan fingerprint density at radius 3 is 2.86 bits per heavy atom. The summed E-state index contributed by atoms with van der Waals surface area (Å²) in [6.07, 6.45) is 0. The van der Waals surface area contributed by atoms with E-state index in [1.54, 1.807) is 11.8 Å².